The van der Waals surface area contributed by atoms with Crippen LogP contribution in [0.25, 0.3) is 0 Å². The molecular formula is C17H21NO. The second-order valence-corrected chi connectivity index (χ2v) is 4.41. The summed E-state index contributed by atoms with van der Waals surface area (Å²) in [7, 11) is 1.89. The van der Waals surface area contributed by atoms with Gasteiger partial charge in [0.25, 0.3) is 0 Å². The predicted molar refractivity (Wildman–Crippen MR) is 79.5 cm³/mol. The predicted octanol–water partition coefficient (Wildman–Crippen LogP) is 3.72. The summed E-state index contributed by atoms with van der Waals surface area (Å²) < 4.78 is 29.0. The molecule has 0 radical (unpaired) electrons. The minimum atomic E-state index is -2.18. The lowest BCUT2D eigenvalue weighted by Crippen LogP contribution is -2.16. The number of benzene rings is 2. The molecular weight excluding hydrogens is 234 g/mol. The van der Waals surface area contributed by atoms with E-state index < -0.39 is 6.85 Å². The van der Waals surface area contributed by atoms with Crippen molar-refractivity contribution in [2.45, 2.75) is 19.4 Å². The number of hydrogen-bond acceptors (Lipinski definition) is 2. The summed E-state index contributed by atoms with van der Waals surface area (Å²) in [5.74, 6) is 0.424. The molecule has 2 rings (SSSR count). The monoisotopic (exact) mass is 258 g/mol. The lowest BCUT2D eigenvalue weighted by Gasteiger charge is -2.20. The van der Waals surface area contributed by atoms with Crippen LogP contribution in [-0.4, -0.2) is 13.6 Å². The largest absolute Gasteiger partial charge is 0.485 e. The molecule has 0 unspecified atom stereocenters. The van der Waals surface area contributed by atoms with Crippen LogP contribution in [0.3, 0.4) is 0 Å². The molecule has 0 aliphatic heterocycles. The molecule has 0 fully saturated rings. The molecule has 0 bridgehead atoms. The molecule has 0 saturated carbocycles. The first-order chi connectivity index (χ1) is 10.5. The molecule has 0 amide bonds. The van der Waals surface area contributed by atoms with E-state index in [1.54, 1.807) is 24.3 Å². The van der Waals surface area contributed by atoms with Crippen LogP contribution in [0, 0.1) is 6.85 Å². The van der Waals surface area contributed by atoms with Crippen molar-refractivity contribution in [3.63, 3.8) is 0 Å². The van der Waals surface area contributed by atoms with Gasteiger partial charge in [0.05, 0.1) is 0 Å². The van der Waals surface area contributed by atoms with E-state index in [0.717, 1.165) is 18.5 Å². The van der Waals surface area contributed by atoms with E-state index in [9.17, 15) is 0 Å². The average Bonchev–Trinajstić information content (AvgIpc) is 2.51. The van der Waals surface area contributed by atoms with Gasteiger partial charge >= 0.3 is 0 Å². The first kappa shape index (κ1) is 10.0. The molecule has 19 heavy (non-hydrogen) atoms. The van der Waals surface area contributed by atoms with Crippen LogP contribution in [0.4, 0.5) is 0 Å². The molecule has 0 aromatic heterocycles. The van der Waals surface area contributed by atoms with E-state index in [2.05, 4.69) is 5.32 Å². The summed E-state index contributed by atoms with van der Waals surface area (Å²) in [6, 6.07) is 16.7. The number of rotatable bonds is 6. The SMILES string of the molecule is [2H]C([2H])([2H])c1ccccc1O[C@H](CCNC)c1ccccc1. The minimum absolute atomic E-state index is 0.183. The van der Waals surface area contributed by atoms with Crippen molar-refractivity contribution in [1.29, 1.82) is 0 Å². The van der Waals surface area contributed by atoms with Crippen LogP contribution in [0.15, 0.2) is 54.6 Å². The van der Waals surface area contributed by atoms with Gasteiger partial charge in [0.2, 0.25) is 0 Å². The Morgan fingerprint density at radius 2 is 1.84 bits per heavy atom. The van der Waals surface area contributed by atoms with E-state index in [-0.39, 0.29) is 11.7 Å². The van der Waals surface area contributed by atoms with Crippen molar-refractivity contribution in [3.05, 3.63) is 65.7 Å². The minimum Gasteiger partial charge on any atom is -0.485 e. The first-order valence-electron chi connectivity index (χ1n) is 7.98. The quantitative estimate of drug-likeness (QED) is 0.852. The van der Waals surface area contributed by atoms with E-state index in [1.165, 1.54) is 0 Å². The maximum Gasteiger partial charge on any atom is 0.125 e. The van der Waals surface area contributed by atoms with Gasteiger partial charge < -0.3 is 10.1 Å². The van der Waals surface area contributed by atoms with Crippen molar-refractivity contribution in [3.8, 4) is 5.75 Å². The third-order valence-corrected chi connectivity index (χ3v) is 2.98. The smallest absolute Gasteiger partial charge is 0.125 e. The molecule has 1 atom stereocenters. The summed E-state index contributed by atoms with van der Waals surface area (Å²) in [5, 5.41) is 3.11. The van der Waals surface area contributed by atoms with Gasteiger partial charge in [-0.3, -0.25) is 0 Å². The summed E-state index contributed by atoms with van der Waals surface area (Å²) in [5.41, 5.74) is 1.29. The Labute approximate surface area is 119 Å². The Hall–Kier alpha value is -1.80. The maximum atomic E-state index is 7.64. The number of para-hydroxylation sites is 1. The molecule has 0 saturated heterocycles. The lowest BCUT2D eigenvalue weighted by atomic mass is 10.1. The van der Waals surface area contributed by atoms with E-state index >= 15 is 0 Å². The molecule has 0 aliphatic carbocycles. The Morgan fingerprint density at radius 3 is 2.58 bits per heavy atom. The van der Waals surface area contributed by atoms with Crippen LogP contribution < -0.4 is 10.1 Å². The highest BCUT2D eigenvalue weighted by atomic mass is 16.5. The van der Waals surface area contributed by atoms with Crippen molar-refractivity contribution in [1.82, 2.24) is 5.32 Å². The van der Waals surface area contributed by atoms with E-state index in [4.69, 9.17) is 8.85 Å². The molecule has 0 aliphatic rings. The third-order valence-electron chi connectivity index (χ3n) is 2.98. The van der Waals surface area contributed by atoms with Crippen LogP contribution in [0.1, 0.15) is 27.8 Å². The van der Waals surface area contributed by atoms with Crippen molar-refractivity contribution in [2.75, 3.05) is 13.6 Å². The summed E-state index contributed by atoms with van der Waals surface area (Å²) in [6.07, 6.45) is 0.577. The normalized spacial score (nSPS) is 15.1. The Bertz CT molecular complexity index is 584. The van der Waals surface area contributed by atoms with Gasteiger partial charge in [0.15, 0.2) is 0 Å². The fraction of sp³-hybridized carbons (Fsp3) is 0.294. The molecule has 0 heterocycles. The van der Waals surface area contributed by atoms with Crippen LogP contribution >= 0.6 is 0 Å². The zero-order chi connectivity index (χ0) is 16.0. The van der Waals surface area contributed by atoms with Gasteiger partial charge in [0, 0.05) is 10.5 Å². The van der Waals surface area contributed by atoms with Crippen molar-refractivity contribution >= 4 is 0 Å². The van der Waals surface area contributed by atoms with E-state index in [0.29, 0.717) is 5.75 Å². The van der Waals surface area contributed by atoms with Gasteiger partial charge in [-0.1, -0.05) is 48.5 Å². The third kappa shape index (κ3) is 3.83. The molecule has 100 valence electrons. The van der Waals surface area contributed by atoms with Crippen LogP contribution in [0.5, 0.6) is 5.75 Å². The number of aryl methyl sites for hydroxylation is 1. The van der Waals surface area contributed by atoms with Crippen LogP contribution in [-0.2, 0) is 0 Å². The molecule has 2 aromatic rings. The lowest BCUT2D eigenvalue weighted by molar-refractivity contribution is 0.193. The highest BCUT2D eigenvalue weighted by Gasteiger charge is 2.13. The Balaban J connectivity index is 2.28. The topological polar surface area (TPSA) is 21.3 Å². The van der Waals surface area contributed by atoms with E-state index in [1.807, 2.05) is 37.4 Å². The zero-order valence-corrected chi connectivity index (χ0v) is 11.1. The Morgan fingerprint density at radius 1 is 1.11 bits per heavy atom. The summed E-state index contributed by atoms with van der Waals surface area (Å²) >= 11 is 0. The van der Waals surface area contributed by atoms with Gasteiger partial charge in [-0.25, -0.2) is 0 Å². The second kappa shape index (κ2) is 6.95. The number of hydrogen-bond donors (Lipinski definition) is 1. The second-order valence-electron chi connectivity index (χ2n) is 4.41. The van der Waals surface area contributed by atoms with Gasteiger partial charge in [-0.2, -0.15) is 0 Å². The summed E-state index contributed by atoms with van der Waals surface area (Å²) in [4.78, 5) is 0. The number of nitrogens with one attached hydrogen (secondary N) is 1. The highest BCUT2D eigenvalue weighted by molar-refractivity contribution is 5.33. The zero-order valence-electron chi connectivity index (χ0n) is 14.1. The summed E-state index contributed by atoms with van der Waals surface area (Å²) in [6.45, 7) is -1.39. The van der Waals surface area contributed by atoms with Gasteiger partial charge in [-0.15, -0.1) is 0 Å². The molecule has 2 aromatic carbocycles. The highest BCUT2D eigenvalue weighted by Crippen LogP contribution is 2.26. The van der Waals surface area contributed by atoms with Gasteiger partial charge in [-0.05, 0) is 37.6 Å². The molecule has 0 spiro atoms. The fourth-order valence-electron chi connectivity index (χ4n) is 1.96. The van der Waals surface area contributed by atoms with Crippen LogP contribution in [0.2, 0.25) is 0 Å². The van der Waals surface area contributed by atoms with Crippen molar-refractivity contribution in [2.24, 2.45) is 0 Å². The number of ether oxygens (including phenoxy) is 1. The maximum absolute atomic E-state index is 7.64. The molecule has 1 N–H and O–H groups in total. The Kier molecular flexibility index (Phi) is 3.68. The fourth-order valence-corrected chi connectivity index (χ4v) is 1.96. The average molecular weight is 258 g/mol. The molecule has 2 heteroatoms. The first-order valence-corrected chi connectivity index (χ1v) is 6.48. The molecule has 2 nitrogen and oxygen atoms in total. The van der Waals surface area contributed by atoms with Crippen molar-refractivity contribution < 1.29 is 8.85 Å². The van der Waals surface area contributed by atoms with Gasteiger partial charge in [0.1, 0.15) is 11.9 Å². The standard InChI is InChI=1S/C17H21NO/c1-14-8-6-7-11-16(14)19-17(12-13-18-2)15-9-4-3-5-10-15/h3-11,17-18H,12-13H2,1-2H3/t17-/m1/s1/i1D3.